The Balaban J connectivity index is 1.75. The molecule has 4 atom stereocenters. The van der Waals surface area contributed by atoms with Gasteiger partial charge in [0.15, 0.2) is 11.5 Å². The highest BCUT2D eigenvalue weighted by atomic mass is 16.3. The van der Waals surface area contributed by atoms with Gasteiger partial charge >= 0.3 is 0 Å². The zero-order valence-corrected chi connectivity index (χ0v) is 28.2. The predicted octanol–water partition coefficient (Wildman–Crippen LogP) is 2.16. The van der Waals surface area contributed by atoms with Gasteiger partial charge in [-0.25, -0.2) is 0 Å². The summed E-state index contributed by atoms with van der Waals surface area (Å²) >= 11 is 0. The maximum atomic E-state index is 13.8. The van der Waals surface area contributed by atoms with Gasteiger partial charge in [-0.3, -0.25) is 19.2 Å². The highest BCUT2D eigenvalue weighted by molar-refractivity contribution is 5.95. The summed E-state index contributed by atoms with van der Waals surface area (Å²) in [5, 5.41) is 30.6. The van der Waals surface area contributed by atoms with E-state index in [0.29, 0.717) is 31.4 Å². The van der Waals surface area contributed by atoms with Crippen LogP contribution in [0.25, 0.3) is 0 Å². The Morgan fingerprint density at radius 3 is 1.82 bits per heavy atom. The molecule has 12 heteroatoms. The predicted molar refractivity (Wildman–Crippen MR) is 188 cm³/mol. The van der Waals surface area contributed by atoms with Crippen molar-refractivity contribution in [2.24, 2.45) is 17.4 Å². The van der Waals surface area contributed by atoms with Crippen LogP contribution in [0.1, 0.15) is 56.2 Å². The van der Waals surface area contributed by atoms with Crippen LogP contribution >= 0.6 is 0 Å². The third kappa shape index (κ3) is 13.2. The first-order valence-corrected chi connectivity index (χ1v) is 16.7. The van der Waals surface area contributed by atoms with Crippen LogP contribution in [0.2, 0.25) is 0 Å². The number of amides is 4. The van der Waals surface area contributed by atoms with Crippen molar-refractivity contribution in [3.8, 4) is 11.5 Å². The van der Waals surface area contributed by atoms with Crippen molar-refractivity contribution in [3.63, 3.8) is 0 Å². The van der Waals surface area contributed by atoms with Crippen molar-refractivity contribution < 1.29 is 29.4 Å². The molecule has 0 radical (unpaired) electrons. The van der Waals surface area contributed by atoms with Crippen molar-refractivity contribution >= 4 is 23.6 Å². The van der Waals surface area contributed by atoms with Crippen LogP contribution in [-0.2, 0) is 38.6 Å². The number of rotatable bonds is 19. The quantitative estimate of drug-likeness (QED) is 0.0696. The maximum absolute atomic E-state index is 13.8. The van der Waals surface area contributed by atoms with Crippen LogP contribution in [0.5, 0.6) is 11.5 Å². The van der Waals surface area contributed by atoms with Crippen molar-refractivity contribution in [1.29, 1.82) is 0 Å². The Bertz CT molecular complexity index is 1500. The molecule has 0 aliphatic rings. The first kappa shape index (κ1) is 38.5. The number of hydrogen-bond donors (Lipinski definition) is 8. The summed E-state index contributed by atoms with van der Waals surface area (Å²) in [6, 6.07) is 18.9. The lowest BCUT2D eigenvalue weighted by atomic mass is 9.99. The average Bonchev–Trinajstić information content (AvgIpc) is 3.08. The van der Waals surface area contributed by atoms with Gasteiger partial charge in [-0.1, -0.05) is 80.6 Å². The van der Waals surface area contributed by atoms with Gasteiger partial charge in [0, 0.05) is 13.0 Å². The number of phenols is 2. The minimum atomic E-state index is -1.02. The van der Waals surface area contributed by atoms with Crippen LogP contribution in [0, 0.1) is 5.92 Å². The smallest absolute Gasteiger partial charge is 0.243 e. The second-order valence-electron chi connectivity index (χ2n) is 12.6. The second kappa shape index (κ2) is 19.8. The molecule has 0 bridgehead atoms. The Morgan fingerprint density at radius 2 is 1.22 bits per heavy atom. The van der Waals surface area contributed by atoms with E-state index in [1.807, 2.05) is 74.5 Å². The normalized spacial score (nSPS) is 13.5. The molecule has 49 heavy (non-hydrogen) atoms. The average molecular weight is 675 g/mol. The third-order valence-electron chi connectivity index (χ3n) is 7.98. The summed E-state index contributed by atoms with van der Waals surface area (Å²) in [7, 11) is 0. The molecular formula is C37H50N6O6. The minimum absolute atomic E-state index is 0.00389. The summed E-state index contributed by atoms with van der Waals surface area (Å²) in [6.45, 7) is 4.30. The molecule has 3 aromatic carbocycles. The fourth-order valence-electron chi connectivity index (χ4n) is 5.30. The van der Waals surface area contributed by atoms with Gasteiger partial charge in [-0.15, -0.1) is 0 Å². The molecule has 0 unspecified atom stereocenters. The molecule has 10 N–H and O–H groups in total. The van der Waals surface area contributed by atoms with Gasteiger partial charge < -0.3 is 42.9 Å². The van der Waals surface area contributed by atoms with Gasteiger partial charge in [0.05, 0.1) is 6.04 Å². The number of carbonyl (C=O) groups excluding carboxylic acids is 4. The number of unbranched alkanes of at least 4 members (excludes halogenated alkanes) is 1. The molecule has 0 heterocycles. The molecule has 0 aliphatic carbocycles. The number of benzene rings is 3. The van der Waals surface area contributed by atoms with Crippen molar-refractivity contribution in [1.82, 2.24) is 21.3 Å². The lowest BCUT2D eigenvalue weighted by Crippen LogP contribution is -2.58. The van der Waals surface area contributed by atoms with Crippen molar-refractivity contribution in [3.05, 3.63) is 95.6 Å². The van der Waals surface area contributed by atoms with Crippen LogP contribution in [-0.4, -0.2) is 64.6 Å². The summed E-state index contributed by atoms with van der Waals surface area (Å²) in [5.74, 6) is -2.63. The lowest BCUT2D eigenvalue weighted by Gasteiger charge is -2.27. The zero-order chi connectivity index (χ0) is 35.8. The molecular weight excluding hydrogens is 624 g/mol. The number of nitrogens with two attached hydrogens (primary N) is 2. The summed E-state index contributed by atoms with van der Waals surface area (Å²) in [5.41, 5.74) is 14.2. The zero-order valence-electron chi connectivity index (χ0n) is 28.2. The summed E-state index contributed by atoms with van der Waals surface area (Å²) in [6.07, 6.45) is 2.26. The molecule has 0 saturated carbocycles. The van der Waals surface area contributed by atoms with E-state index in [1.165, 1.54) is 12.1 Å². The Morgan fingerprint density at radius 1 is 0.653 bits per heavy atom. The van der Waals surface area contributed by atoms with E-state index >= 15 is 0 Å². The van der Waals surface area contributed by atoms with Gasteiger partial charge in [0.1, 0.15) is 18.1 Å². The highest BCUT2D eigenvalue weighted by Gasteiger charge is 2.31. The number of carbonyl (C=O) groups is 4. The molecule has 0 saturated heterocycles. The van der Waals surface area contributed by atoms with Crippen molar-refractivity contribution in [2.45, 2.75) is 83.1 Å². The molecule has 0 aliphatic heterocycles. The first-order chi connectivity index (χ1) is 23.5. The van der Waals surface area contributed by atoms with Crippen LogP contribution < -0.4 is 32.7 Å². The van der Waals surface area contributed by atoms with E-state index in [4.69, 9.17) is 11.5 Å². The van der Waals surface area contributed by atoms with Crippen LogP contribution in [0.4, 0.5) is 0 Å². The van der Waals surface area contributed by atoms with E-state index in [0.717, 1.165) is 11.1 Å². The molecule has 0 fully saturated rings. The van der Waals surface area contributed by atoms with E-state index in [-0.39, 0.29) is 43.2 Å². The van der Waals surface area contributed by atoms with Gasteiger partial charge in [0.25, 0.3) is 0 Å². The van der Waals surface area contributed by atoms with E-state index in [2.05, 4.69) is 21.3 Å². The van der Waals surface area contributed by atoms with Crippen LogP contribution in [0.15, 0.2) is 78.9 Å². The Kier molecular flexibility index (Phi) is 15.5. The van der Waals surface area contributed by atoms with Gasteiger partial charge in [0.2, 0.25) is 23.6 Å². The second-order valence-corrected chi connectivity index (χ2v) is 12.6. The molecule has 12 nitrogen and oxygen atoms in total. The minimum Gasteiger partial charge on any atom is -0.504 e. The monoisotopic (exact) mass is 674 g/mol. The van der Waals surface area contributed by atoms with Crippen LogP contribution in [0.3, 0.4) is 0 Å². The fraction of sp³-hybridized carbons (Fsp3) is 0.405. The Hall–Kier alpha value is -4.94. The topological polar surface area (TPSA) is 209 Å². The summed E-state index contributed by atoms with van der Waals surface area (Å²) in [4.78, 5) is 54.1. The summed E-state index contributed by atoms with van der Waals surface area (Å²) < 4.78 is 0. The SMILES string of the molecule is CC(C)C[C@@H](NC(=O)[C@@H](Cc1ccccc1)NC(=O)[C@H](N)Cc1ccccc1)C(=O)N[C@H](CCCCN)C(=O)NCc1ccc(O)c(O)c1. The number of hydrogen-bond acceptors (Lipinski definition) is 8. The fourth-order valence-corrected chi connectivity index (χ4v) is 5.30. The number of aromatic hydroxyl groups is 2. The lowest BCUT2D eigenvalue weighted by molar-refractivity contribution is -0.134. The number of phenolic OH excluding ortho intramolecular Hbond substituents is 2. The molecule has 4 amide bonds. The van der Waals surface area contributed by atoms with E-state index < -0.39 is 47.8 Å². The molecule has 3 rings (SSSR count). The van der Waals surface area contributed by atoms with Gasteiger partial charge in [-0.2, -0.15) is 0 Å². The third-order valence-corrected chi connectivity index (χ3v) is 7.98. The van der Waals surface area contributed by atoms with E-state index in [9.17, 15) is 29.4 Å². The largest absolute Gasteiger partial charge is 0.504 e. The molecule has 264 valence electrons. The molecule has 0 spiro atoms. The van der Waals surface area contributed by atoms with Crippen molar-refractivity contribution in [2.75, 3.05) is 6.54 Å². The number of nitrogens with one attached hydrogen (secondary N) is 4. The highest BCUT2D eigenvalue weighted by Crippen LogP contribution is 2.24. The van der Waals surface area contributed by atoms with Gasteiger partial charge in [-0.05, 0) is 73.4 Å². The first-order valence-electron chi connectivity index (χ1n) is 16.7. The maximum Gasteiger partial charge on any atom is 0.243 e. The standard InChI is InChI=1S/C37H50N6O6/c1-24(2)19-30(36(48)41-29(15-9-10-18-38)35(47)40-23-27-16-17-32(44)33(45)22-27)43-37(49)31(21-26-13-7-4-8-14-26)42-34(46)28(39)20-25-11-5-3-6-12-25/h3-8,11-14,16-17,22,24,28-31,44-45H,9-10,15,18-21,23,38-39H2,1-2H3,(H,40,47)(H,41,48)(H,42,46)(H,43,49)/t28-,29-,30-,31-/m1/s1. The molecule has 3 aromatic rings. The Labute approximate surface area is 288 Å². The van der Waals surface area contributed by atoms with E-state index in [1.54, 1.807) is 6.07 Å². The molecule has 0 aromatic heterocycles.